The second-order valence-corrected chi connectivity index (χ2v) is 6.76. The third kappa shape index (κ3) is 2.73. The number of anilines is 1. The smallest absolute Gasteiger partial charge is 0.399 e. The summed E-state index contributed by atoms with van der Waals surface area (Å²) in [5.74, 6) is 0.0117. The molecule has 0 atom stereocenters. The summed E-state index contributed by atoms with van der Waals surface area (Å²) in [6.07, 6.45) is 1.63. The van der Waals surface area contributed by atoms with Gasteiger partial charge >= 0.3 is 7.12 Å². The zero-order chi connectivity index (χ0) is 16.0. The van der Waals surface area contributed by atoms with Crippen LogP contribution in [0.4, 0.5) is 10.2 Å². The van der Waals surface area contributed by atoms with Crippen molar-refractivity contribution in [2.24, 2.45) is 0 Å². The fourth-order valence-electron chi connectivity index (χ4n) is 2.56. The minimum atomic E-state index is -0.592. The van der Waals surface area contributed by atoms with Crippen LogP contribution in [0.1, 0.15) is 27.7 Å². The standard InChI is InChI=1S/C15H22BFN2O3/c1-14(2)15(3,4)22-16(21-14)11-9-12(17)13(18-10-11)19-5-7-20-8-6-19/h9-10H,5-8H2,1-4H3. The Bertz CT molecular complexity index is 546. The second-order valence-electron chi connectivity index (χ2n) is 6.76. The van der Waals surface area contributed by atoms with E-state index in [0.29, 0.717) is 37.6 Å². The van der Waals surface area contributed by atoms with Crippen LogP contribution in [0.5, 0.6) is 0 Å². The molecule has 3 heterocycles. The van der Waals surface area contributed by atoms with Gasteiger partial charge in [0.2, 0.25) is 0 Å². The molecule has 0 radical (unpaired) electrons. The van der Waals surface area contributed by atoms with Gasteiger partial charge < -0.3 is 18.9 Å². The van der Waals surface area contributed by atoms with E-state index in [0.717, 1.165) is 0 Å². The monoisotopic (exact) mass is 308 g/mol. The largest absolute Gasteiger partial charge is 0.496 e. The van der Waals surface area contributed by atoms with Crippen LogP contribution in [0.2, 0.25) is 0 Å². The van der Waals surface area contributed by atoms with Crippen molar-refractivity contribution in [1.82, 2.24) is 4.98 Å². The van der Waals surface area contributed by atoms with Crippen LogP contribution >= 0.6 is 0 Å². The SMILES string of the molecule is CC1(C)OB(c2cnc(N3CCOCC3)c(F)c2)OC1(C)C. The minimum absolute atomic E-state index is 0.353. The molecule has 0 aromatic carbocycles. The van der Waals surface area contributed by atoms with Crippen LogP contribution in [0.3, 0.4) is 0 Å². The number of rotatable bonds is 2. The Hall–Kier alpha value is -1.18. The summed E-state index contributed by atoms with van der Waals surface area (Å²) in [7, 11) is -0.592. The molecule has 2 aliphatic heterocycles. The molecule has 0 unspecified atom stereocenters. The first-order chi connectivity index (χ1) is 10.3. The number of morpholine rings is 1. The topological polar surface area (TPSA) is 43.8 Å². The van der Waals surface area contributed by atoms with E-state index in [1.54, 1.807) is 6.20 Å². The van der Waals surface area contributed by atoms with E-state index in [4.69, 9.17) is 14.0 Å². The van der Waals surface area contributed by atoms with Crippen molar-refractivity contribution >= 4 is 18.4 Å². The van der Waals surface area contributed by atoms with Crippen molar-refractivity contribution in [2.45, 2.75) is 38.9 Å². The Morgan fingerprint density at radius 3 is 2.27 bits per heavy atom. The van der Waals surface area contributed by atoms with Gasteiger partial charge in [0, 0.05) is 24.7 Å². The molecule has 2 fully saturated rings. The number of hydrogen-bond donors (Lipinski definition) is 0. The summed E-state index contributed by atoms with van der Waals surface area (Å²) in [4.78, 5) is 6.17. The number of pyridine rings is 1. The lowest BCUT2D eigenvalue weighted by atomic mass is 9.80. The van der Waals surface area contributed by atoms with E-state index in [-0.39, 0.29) is 5.82 Å². The number of ether oxygens (including phenoxy) is 1. The number of nitrogens with zero attached hydrogens (tertiary/aromatic N) is 2. The van der Waals surface area contributed by atoms with E-state index in [2.05, 4.69) is 4.98 Å². The van der Waals surface area contributed by atoms with Gasteiger partial charge in [-0.05, 0) is 33.8 Å². The lowest BCUT2D eigenvalue weighted by Crippen LogP contribution is -2.41. The first kappa shape index (κ1) is 15.7. The third-order valence-corrected chi connectivity index (χ3v) is 4.68. The maximum absolute atomic E-state index is 14.4. The summed E-state index contributed by atoms with van der Waals surface area (Å²) in [5.41, 5.74) is -0.290. The van der Waals surface area contributed by atoms with Crippen LogP contribution < -0.4 is 10.4 Å². The Morgan fingerprint density at radius 1 is 1.14 bits per heavy atom. The lowest BCUT2D eigenvalue weighted by Gasteiger charge is -2.32. The van der Waals surface area contributed by atoms with Crippen LogP contribution in [-0.2, 0) is 14.0 Å². The minimum Gasteiger partial charge on any atom is -0.399 e. The average molecular weight is 308 g/mol. The molecule has 1 aromatic rings. The molecule has 0 spiro atoms. The van der Waals surface area contributed by atoms with Gasteiger partial charge in [-0.25, -0.2) is 9.37 Å². The van der Waals surface area contributed by atoms with Gasteiger partial charge in [0.05, 0.1) is 24.4 Å². The summed E-state index contributed by atoms with van der Waals surface area (Å²) in [5, 5.41) is 0. The Morgan fingerprint density at radius 2 is 1.73 bits per heavy atom. The predicted molar refractivity (Wildman–Crippen MR) is 82.9 cm³/mol. The van der Waals surface area contributed by atoms with Crippen LogP contribution in [-0.4, -0.2) is 49.6 Å². The van der Waals surface area contributed by atoms with E-state index >= 15 is 0 Å². The number of aromatic nitrogens is 1. The quantitative estimate of drug-likeness (QED) is 0.772. The fourth-order valence-corrected chi connectivity index (χ4v) is 2.56. The van der Waals surface area contributed by atoms with Gasteiger partial charge in [0.1, 0.15) is 0 Å². The summed E-state index contributed by atoms with van der Waals surface area (Å²) in [6.45, 7) is 10.4. The highest BCUT2D eigenvalue weighted by molar-refractivity contribution is 6.62. The Kier molecular flexibility index (Phi) is 3.91. The molecule has 120 valence electrons. The molecule has 0 N–H and O–H groups in total. The zero-order valence-electron chi connectivity index (χ0n) is 13.6. The molecule has 0 aliphatic carbocycles. The predicted octanol–water partition coefficient (Wildman–Crippen LogP) is 1.36. The number of halogens is 1. The van der Waals surface area contributed by atoms with Crippen molar-refractivity contribution in [3.8, 4) is 0 Å². The van der Waals surface area contributed by atoms with E-state index < -0.39 is 18.3 Å². The van der Waals surface area contributed by atoms with Crippen molar-refractivity contribution in [2.75, 3.05) is 31.2 Å². The molecular weight excluding hydrogens is 286 g/mol. The molecule has 0 bridgehead atoms. The molecule has 0 saturated carbocycles. The molecule has 2 saturated heterocycles. The maximum atomic E-state index is 14.4. The van der Waals surface area contributed by atoms with Crippen molar-refractivity contribution in [3.63, 3.8) is 0 Å². The molecule has 22 heavy (non-hydrogen) atoms. The Balaban J connectivity index is 1.81. The van der Waals surface area contributed by atoms with Gasteiger partial charge in [-0.2, -0.15) is 0 Å². The Labute approximate surface area is 130 Å². The zero-order valence-corrected chi connectivity index (χ0v) is 13.6. The van der Waals surface area contributed by atoms with Crippen molar-refractivity contribution in [3.05, 3.63) is 18.1 Å². The summed E-state index contributed by atoms with van der Waals surface area (Å²) in [6, 6.07) is 1.46. The van der Waals surface area contributed by atoms with E-state index in [1.807, 2.05) is 32.6 Å². The van der Waals surface area contributed by atoms with E-state index in [1.165, 1.54) is 6.07 Å². The summed E-state index contributed by atoms with van der Waals surface area (Å²) >= 11 is 0. The molecular formula is C15H22BFN2O3. The first-order valence-corrected chi connectivity index (χ1v) is 7.64. The summed E-state index contributed by atoms with van der Waals surface area (Å²) < 4.78 is 31.6. The van der Waals surface area contributed by atoms with Crippen LogP contribution in [0.25, 0.3) is 0 Å². The van der Waals surface area contributed by atoms with Gasteiger partial charge in [0.15, 0.2) is 11.6 Å². The van der Waals surface area contributed by atoms with Gasteiger partial charge in [0.25, 0.3) is 0 Å². The fraction of sp³-hybridized carbons (Fsp3) is 0.667. The molecule has 7 heteroatoms. The molecule has 2 aliphatic rings. The van der Waals surface area contributed by atoms with Crippen LogP contribution in [0, 0.1) is 5.82 Å². The highest BCUT2D eigenvalue weighted by atomic mass is 19.1. The molecule has 1 aromatic heterocycles. The average Bonchev–Trinajstić information content (AvgIpc) is 2.68. The molecule has 0 amide bonds. The lowest BCUT2D eigenvalue weighted by molar-refractivity contribution is 0.00578. The van der Waals surface area contributed by atoms with Gasteiger partial charge in [-0.1, -0.05) is 0 Å². The van der Waals surface area contributed by atoms with Crippen molar-refractivity contribution < 1.29 is 18.4 Å². The van der Waals surface area contributed by atoms with Crippen molar-refractivity contribution in [1.29, 1.82) is 0 Å². The third-order valence-electron chi connectivity index (χ3n) is 4.68. The van der Waals surface area contributed by atoms with Crippen LogP contribution in [0.15, 0.2) is 12.3 Å². The maximum Gasteiger partial charge on any atom is 0.496 e. The van der Waals surface area contributed by atoms with Gasteiger partial charge in [-0.15, -0.1) is 0 Å². The molecule has 3 rings (SSSR count). The second kappa shape index (κ2) is 5.47. The highest BCUT2D eigenvalue weighted by Gasteiger charge is 2.52. The highest BCUT2D eigenvalue weighted by Crippen LogP contribution is 2.36. The van der Waals surface area contributed by atoms with E-state index in [9.17, 15) is 4.39 Å². The van der Waals surface area contributed by atoms with Gasteiger partial charge in [-0.3, -0.25) is 0 Å². The number of hydrogen-bond acceptors (Lipinski definition) is 5. The molecule has 5 nitrogen and oxygen atoms in total. The first-order valence-electron chi connectivity index (χ1n) is 7.64. The normalized spacial score (nSPS) is 23.9.